The molecule has 4 rings (SSSR count). The van der Waals surface area contributed by atoms with Crippen molar-refractivity contribution >= 4 is 16.8 Å². The van der Waals surface area contributed by atoms with Gasteiger partial charge in [0.05, 0.1) is 0 Å². The van der Waals surface area contributed by atoms with Gasteiger partial charge in [-0.2, -0.15) is 0 Å². The summed E-state index contributed by atoms with van der Waals surface area (Å²) in [5, 5.41) is 4.16. The minimum absolute atomic E-state index is 0.0790. The van der Waals surface area contributed by atoms with E-state index in [1.54, 1.807) is 30.6 Å². The van der Waals surface area contributed by atoms with Gasteiger partial charge in [0.25, 0.3) is 0 Å². The Morgan fingerprint density at radius 3 is 2.48 bits per heavy atom. The Kier molecular flexibility index (Phi) is 5.59. The zero-order valence-electron chi connectivity index (χ0n) is 15.7. The fraction of sp³-hybridized carbons (Fsp3) is 0.125. The first kappa shape index (κ1) is 18.8. The lowest BCUT2D eigenvalue weighted by atomic mass is 9.98. The van der Waals surface area contributed by atoms with Crippen LogP contribution < -0.4 is 10.9 Å². The molecule has 0 bridgehead atoms. The molecular formula is C24H20N2O3. The van der Waals surface area contributed by atoms with Crippen LogP contribution >= 0.6 is 0 Å². The lowest BCUT2D eigenvalue weighted by Gasteiger charge is -2.19. The maximum atomic E-state index is 13.0. The minimum Gasteiger partial charge on any atom is -0.422 e. The Balaban J connectivity index is 1.59. The first-order valence-corrected chi connectivity index (χ1v) is 9.44. The molecule has 0 fully saturated rings. The van der Waals surface area contributed by atoms with E-state index in [1.807, 2.05) is 54.6 Å². The van der Waals surface area contributed by atoms with Gasteiger partial charge in [-0.15, -0.1) is 0 Å². The third-order valence-corrected chi connectivity index (χ3v) is 4.84. The van der Waals surface area contributed by atoms with Gasteiger partial charge in [0.2, 0.25) is 0 Å². The van der Waals surface area contributed by atoms with E-state index < -0.39 is 5.63 Å². The number of ketones is 1. The maximum Gasteiger partial charge on any atom is 0.347 e. The van der Waals surface area contributed by atoms with Crippen LogP contribution in [0.5, 0.6) is 0 Å². The number of hydrogen-bond donors (Lipinski definition) is 1. The number of Topliss-reactive ketones (excluding diaryl/α,β-unsaturated/α-hetero) is 1. The number of pyridine rings is 1. The first-order valence-electron chi connectivity index (χ1n) is 9.44. The van der Waals surface area contributed by atoms with Gasteiger partial charge in [0.1, 0.15) is 11.1 Å². The molecule has 0 saturated heterocycles. The van der Waals surface area contributed by atoms with E-state index in [4.69, 9.17) is 4.42 Å². The quantitative estimate of drug-likeness (QED) is 0.380. The normalized spacial score (nSPS) is 12.0. The lowest BCUT2D eigenvalue weighted by molar-refractivity contribution is 0.0964. The van der Waals surface area contributed by atoms with Gasteiger partial charge in [-0.3, -0.25) is 9.78 Å². The van der Waals surface area contributed by atoms with Crippen LogP contribution in [-0.4, -0.2) is 10.8 Å². The molecule has 1 unspecified atom stereocenters. The highest BCUT2D eigenvalue weighted by Crippen LogP contribution is 2.21. The smallest absolute Gasteiger partial charge is 0.347 e. The fourth-order valence-electron chi connectivity index (χ4n) is 3.29. The van der Waals surface area contributed by atoms with Crippen LogP contribution in [0.25, 0.3) is 11.0 Å². The Morgan fingerprint density at radius 2 is 1.69 bits per heavy atom. The molecule has 0 amide bonds. The number of nitrogens with zero attached hydrogens (tertiary/aromatic N) is 1. The number of rotatable bonds is 7. The molecule has 0 saturated carbocycles. The standard InChI is InChI=1S/C24H20N2O3/c27-22(20-14-19-8-4-5-9-23(19)29-24(20)28)15-21(18-6-2-1-3-7-18)26-16-17-10-12-25-13-11-17/h1-14,21,26H,15-16H2. The highest BCUT2D eigenvalue weighted by molar-refractivity contribution is 5.98. The van der Waals surface area contributed by atoms with Gasteiger partial charge in [0, 0.05) is 36.8 Å². The molecule has 0 aliphatic heterocycles. The van der Waals surface area contributed by atoms with Crippen LogP contribution in [0.4, 0.5) is 0 Å². The van der Waals surface area contributed by atoms with Crippen molar-refractivity contribution in [2.45, 2.75) is 19.0 Å². The predicted molar refractivity (Wildman–Crippen MR) is 112 cm³/mol. The van der Waals surface area contributed by atoms with E-state index in [2.05, 4.69) is 10.3 Å². The Hall–Kier alpha value is -3.57. The molecule has 0 aliphatic carbocycles. The summed E-state index contributed by atoms with van der Waals surface area (Å²) in [6.45, 7) is 0.585. The minimum atomic E-state index is -0.602. The fourth-order valence-corrected chi connectivity index (χ4v) is 3.29. The molecule has 0 spiro atoms. The van der Waals surface area contributed by atoms with Crippen LogP contribution in [-0.2, 0) is 6.54 Å². The van der Waals surface area contributed by atoms with Gasteiger partial charge >= 0.3 is 5.63 Å². The number of para-hydroxylation sites is 1. The molecule has 0 radical (unpaired) electrons. The average molecular weight is 384 g/mol. The summed E-state index contributed by atoms with van der Waals surface area (Å²) in [6, 6.07) is 22.2. The van der Waals surface area contributed by atoms with E-state index in [-0.39, 0.29) is 23.8 Å². The van der Waals surface area contributed by atoms with Crippen LogP contribution in [0.15, 0.2) is 94.4 Å². The van der Waals surface area contributed by atoms with Crippen molar-refractivity contribution in [3.8, 4) is 0 Å². The third kappa shape index (κ3) is 4.47. The second-order valence-electron chi connectivity index (χ2n) is 6.81. The van der Waals surface area contributed by atoms with Crippen LogP contribution in [0.2, 0.25) is 0 Å². The molecule has 144 valence electrons. The zero-order valence-corrected chi connectivity index (χ0v) is 15.7. The zero-order chi connectivity index (χ0) is 20.1. The number of carbonyl (C=O) groups is 1. The highest BCUT2D eigenvalue weighted by atomic mass is 16.4. The number of hydrogen-bond acceptors (Lipinski definition) is 5. The molecule has 2 heterocycles. The summed E-state index contributed by atoms with van der Waals surface area (Å²) in [6.07, 6.45) is 3.62. The number of benzene rings is 2. The van der Waals surface area contributed by atoms with Crippen molar-refractivity contribution in [3.05, 3.63) is 112 Å². The van der Waals surface area contributed by atoms with Crippen LogP contribution in [0.3, 0.4) is 0 Å². The van der Waals surface area contributed by atoms with E-state index >= 15 is 0 Å². The second-order valence-corrected chi connectivity index (χ2v) is 6.81. The van der Waals surface area contributed by atoms with Crippen LogP contribution in [0, 0.1) is 0 Å². The number of aromatic nitrogens is 1. The SMILES string of the molecule is O=C(CC(NCc1ccncc1)c1ccccc1)c1cc2ccccc2oc1=O. The molecule has 0 aliphatic rings. The number of carbonyl (C=O) groups excluding carboxylic acids is 1. The van der Waals surface area contributed by atoms with Crippen molar-refractivity contribution in [1.82, 2.24) is 10.3 Å². The second kappa shape index (κ2) is 8.63. The van der Waals surface area contributed by atoms with Crippen molar-refractivity contribution in [1.29, 1.82) is 0 Å². The molecule has 4 aromatic rings. The average Bonchev–Trinajstić information content (AvgIpc) is 2.77. The van der Waals surface area contributed by atoms with Gasteiger partial charge < -0.3 is 9.73 Å². The van der Waals surface area contributed by atoms with Crippen molar-refractivity contribution in [2.75, 3.05) is 0 Å². The van der Waals surface area contributed by atoms with Crippen LogP contribution in [0.1, 0.15) is 33.9 Å². The molecule has 29 heavy (non-hydrogen) atoms. The third-order valence-electron chi connectivity index (χ3n) is 4.84. The first-order chi connectivity index (χ1) is 14.2. The van der Waals surface area contributed by atoms with E-state index in [0.29, 0.717) is 12.1 Å². The molecule has 1 atom stereocenters. The monoisotopic (exact) mass is 384 g/mol. The number of nitrogens with one attached hydrogen (secondary N) is 1. The molecule has 5 heteroatoms. The molecular weight excluding hydrogens is 364 g/mol. The van der Waals surface area contributed by atoms with E-state index in [9.17, 15) is 9.59 Å². The Morgan fingerprint density at radius 1 is 0.966 bits per heavy atom. The summed E-state index contributed by atoms with van der Waals surface area (Å²) in [4.78, 5) is 29.4. The highest BCUT2D eigenvalue weighted by Gasteiger charge is 2.20. The Bertz CT molecular complexity index is 1170. The maximum absolute atomic E-state index is 13.0. The van der Waals surface area contributed by atoms with Crippen molar-refractivity contribution in [3.63, 3.8) is 0 Å². The summed E-state index contributed by atoms with van der Waals surface area (Å²) in [5.41, 5.74) is 2.01. The molecule has 5 nitrogen and oxygen atoms in total. The van der Waals surface area contributed by atoms with Gasteiger partial charge in [-0.05, 0) is 35.4 Å². The molecule has 2 aromatic heterocycles. The summed E-state index contributed by atoms with van der Waals surface area (Å²) in [5.74, 6) is -0.249. The van der Waals surface area contributed by atoms with E-state index in [0.717, 1.165) is 16.5 Å². The van der Waals surface area contributed by atoms with Gasteiger partial charge in [0.15, 0.2) is 5.78 Å². The van der Waals surface area contributed by atoms with Gasteiger partial charge in [-0.1, -0.05) is 48.5 Å². The summed E-state index contributed by atoms with van der Waals surface area (Å²) < 4.78 is 5.33. The summed E-state index contributed by atoms with van der Waals surface area (Å²) in [7, 11) is 0. The number of fused-ring (bicyclic) bond motifs is 1. The molecule has 1 N–H and O–H groups in total. The van der Waals surface area contributed by atoms with Crippen molar-refractivity contribution in [2.24, 2.45) is 0 Å². The molecule has 2 aromatic carbocycles. The topological polar surface area (TPSA) is 72.2 Å². The van der Waals surface area contributed by atoms with Crippen molar-refractivity contribution < 1.29 is 9.21 Å². The largest absolute Gasteiger partial charge is 0.422 e. The lowest BCUT2D eigenvalue weighted by Crippen LogP contribution is -2.25. The summed E-state index contributed by atoms with van der Waals surface area (Å²) >= 11 is 0. The predicted octanol–water partition coefficient (Wildman–Crippen LogP) is 4.29. The van der Waals surface area contributed by atoms with Gasteiger partial charge in [-0.25, -0.2) is 4.79 Å². The van der Waals surface area contributed by atoms with E-state index in [1.165, 1.54) is 0 Å². The Labute approximate surface area is 168 Å².